The molecule has 1 aliphatic rings. The van der Waals surface area contributed by atoms with Gasteiger partial charge in [-0.2, -0.15) is 0 Å². The molecule has 0 bridgehead atoms. The van der Waals surface area contributed by atoms with Gasteiger partial charge in [0, 0.05) is 18.1 Å². The number of carboxylic acids is 1. The van der Waals surface area contributed by atoms with Crippen molar-refractivity contribution in [2.75, 3.05) is 6.54 Å². The number of hydrogen-bond acceptors (Lipinski definition) is 2. The predicted molar refractivity (Wildman–Crippen MR) is 70.0 cm³/mol. The predicted octanol–water partition coefficient (Wildman–Crippen LogP) is 1.86. The Bertz CT molecular complexity index is 647. The Kier molecular flexibility index (Phi) is 2.74. The van der Waals surface area contributed by atoms with Gasteiger partial charge in [0.25, 0.3) is 5.91 Å². The van der Waals surface area contributed by atoms with E-state index in [-0.39, 0.29) is 5.91 Å². The molecule has 0 saturated carbocycles. The summed E-state index contributed by atoms with van der Waals surface area (Å²) < 4.78 is 0. The minimum absolute atomic E-state index is 0.210. The number of likely N-dealkylation sites (tertiary alicyclic amines) is 1. The third-order valence-electron chi connectivity index (χ3n) is 3.62. The normalized spacial score (nSPS) is 18.9. The Balaban J connectivity index is 2.00. The molecule has 1 fully saturated rings. The van der Waals surface area contributed by atoms with Crippen molar-refractivity contribution in [3.63, 3.8) is 0 Å². The van der Waals surface area contributed by atoms with Gasteiger partial charge in [-0.05, 0) is 25.0 Å². The van der Waals surface area contributed by atoms with Gasteiger partial charge in [-0.15, -0.1) is 0 Å². The van der Waals surface area contributed by atoms with Crippen LogP contribution in [0.4, 0.5) is 0 Å². The second-order valence-corrected chi connectivity index (χ2v) is 4.74. The Morgan fingerprint density at radius 2 is 2.16 bits per heavy atom. The fourth-order valence-electron chi connectivity index (χ4n) is 2.68. The molecule has 1 amide bonds. The SMILES string of the molecule is O=C(O)C1CCCN1C(=O)c1cccc2cc[nH]c12. The van der Waals surface area contributed by atoms with Crippen molar-refractivity contribution in [2.45, 2.75) is 18.9 Å². The van der Waals surface area contributed by atoms with Crippen molar-refractivity contribution in [3.8, 4) is 0 Å². The number of H-pyrrole nitrogens is 1. The summed E-state index contributed by atoms with van der Waals surface area (Å²) >= 11 is 0. The number of rotatable bonds is 2. The number of carbonyl (C=O) groups excluding carboxylic acids is 1. The van der Waals surface area contributed by atoms with Crippen LogP contribution in [0, 0.1) is 0 Å². The Hall–Kier alpha value is -2.30. The number of hydrogen-bond donors (Lipinski definition) is 2. The summed E-state index contributed by atoms with van der Waals surface area (Å²) in [5, 5.41) is 10.1. The van der Waals surface area contributed by atoms with Gasteiger partial charge in [0.2, 0.25) is 0 Å². The molecule has 5 heteroatoms. The summed E-state index contributed by atoms with van der Waals surface area (Å²) in [6.45, 7) is 0.507. The van der Waals surface area contributed by atoms with Gasteiger partial charge in [-0.1, -0.05) is 12.1 Å². The molecular weight excluding hydrogens is 244 g/mol. The van der Waals surface area contributed by atoms with E-state index in [1.165, 1.54) is 4.90 Å². The second-order valence-electron chi connectivity index (χ2n) is 4.74. The minimum atomic E-state index is -0.926. The van der Waals surface area contributed by atoms with E-state index in [9.17, 15) is 9.59 Å². The first-order chi connectivity index (χ1) is 9.18. The molecule has 5 nitrogen and oxygen atoms in total. The fraction of sp³-hybridized carbons (Fsp3) is 0.286. The lowest BCUT2D eigenvalue weighted by Gasteiger charge is -2.21. The van der Waals surface area contributed by atoms with Gasteiger partial charge in [0.1, 0.15) is 6.04 Å². The van der Waals surface area contributed by atoms with Crippen LogP contribution >= 0.6 is 0 Å². The first kappa shape index (κ1) is 11.8. The Morgan fingerprint density at radius 1 is 1.32 bits per heavy atom. The summed E-state index contributed by atoms with van der Waals surface area (Å²) in [6.07, 6.45) is 3.05. The highest BCUT2D eigenvalue weighted by Gasteiger charge is 2.34. The van der Waals surface area contributed by atoms with E-state index < -0.39 is 12.0 Å². The Labute approximate surface area is 109 Å². The molecular formula is C14H14N2O3. The van der Waals surface area contributed by atoms with E-state index in [0.717, 1.165) is 17.3 Å². The largest absolute Gasteiger partial charge is 0.480 e. The molecule has 2 N–H and O–H groups in total. The monoisotopic (exact) mass is 258 g/mol. The number of nitrogens with zero attached hydrogens (tertiary/aromatic N) is 1. The van der Waals surface area contributed by atoms with Crippen LogP contribution < -0.4 is 0 Å². The molecule has 1 saturated heterocycles. The number of aromatic nitrogens is 1. The van der Waals surface area contributed by atoms with E-state index in [1.54, 1.807) is 12.3 Å². The first-order valence-electron chi connectivity index (χ1n) is 6.28. The number of aliphatic carboxylic acids is 1. The van der Waals surface area contributed by atoms with Gasteiger partial charge in [0.05, 0.1) is 11.1 Å². The van der Waals surface area contributed by atoms with Gasteiger partial charge < -0.3 is 15.0 Å². The standard InChI is InChI=1S/C14H14N2O3/c17-13(16-8-2-5-11(16)14(18)19)10-4-1-3-9-6-7-15-12(9)10/h1,3-4,6-7,11,15H,2,5,8H2,(H,18,19). The molecule has 19 heavy (non-hydrogen) atoms. The number of nitrogens with one attached hydrogen (secondary N) is 1. The lowest BCUT2D eigenvalue weighted by atomic mass is 10.1. The highest BCUT2D eigenvalue weighted by atomic mass is 16.4. The lowest BCUT2D eigenvalue weighted by molar-refractivity contribution is -0.141. The zero-order valence-corrected chi connectivity index (χ0v) is 10.3. The van der Waals surface area contributed by atoms with Crippen molar-refractivity contribution in [2.24, 2.45) is 0 Å². The van der Waals surface area contributed by atoms with Crippen molar-refractivity contribution >= 4 is 22.8 Å². The van der Waals surface area contributed by atoms with Gasteiger partial charge in [-0.25, -0.2) is 4.79 Å². The molecule has 0 spiro atoms. The number of amides is 1. The quantitative estimate of drug-likeness (QED) is 0.863. The summed E-state index contributed by atoms with van der Waals surface area (Å²) in [5.41, 5.74) is 1.30. The zero-order chi connectivity index (χ0) is 13.4. The number of carboxylic acid groups (broad SMARTS) is 1. The van der Waals surface area contributed by atoms with Gasteiger partial charge >= 0.3 is 5.97 Å². The summed E-state index contributed by atoms with van der Waals surface area (Å²) in [5.74, 6) is -1.14. The molecule has 2 aromatic rings. The molecule has 1 aromatic carbocycles. The van der Waals surface area contributed by atoms with Gasteiger partial charge in [0.15, 0.2) is 0 Å². The smallest absolute Gasteiger partial charge is 0.326 e. The Morgan fingerprint density at radius 3 is 2.95 bits per heavy atom. The molecule has 0 aliphatic carbocycles. The number of carbonyl (C=O) groups is 2. The fourth-order valence-corrected chi connectivity index (χ4v) is 2.68. The maximum absolute atomic E-state index is 12.5. The van der Waals surface area contributed by atoms with Crippen LogP contribution in [0.3, 0.4) is 0 Å². The van der Waals surface area contributed by atoms with Crippen LogP contribution in [0.2, 0.25) is 0 Å². The number of aromatic amines is 1. The number of para-hydroxylation sites is 1. The molecule has 2 heterocycles. The van der Waals surface area contributed by atoms with Crippen LogP contribution in [0.15, 0.2) is 30.5 Å². The first-order valence-corrected chi connectivity index (χ1v) is 6.28. The van der Waals surface area contributed by atoms with Crippen LogP contribution in [0.1, 0.15) is 23.2 Å². The van der Waals surface area contributed by atoms with Gasteiger partial charge in [-0.3, -0.25) is 4.79 Å². The van der Waals surface area contributed by atoms with Crippen molar-refractivity contribution < 1.29 is 14.7 Å². The minimum Gasteiger partial charge on any atom is -0.480 e. The van der Waals surface area contributed by atoms with E-state index in [2.05, 4.69) is 4.98 Å². The molecule has 1 aromatic heterocycles. The maximum Gasteiger partial charge on any atom is 0.326 e. The third-order valence-corrected chi connectivity index (χ3v) is 3.62. The molecule has 1 atom stereocenters. The maximum atomic E-state index is 12.5. The molecule has 0 radical (unpaired) electrons. The van der Waals surface area contributed by atoms with Crippen molar-refractivity contribution in [1.29, 1.82) is 0 Å². The van der Waals surface area contributed by atoms with Crippen molar-refractivity contribution in [1.82, 2.24) is 9.88 Å². The van der Waals surface area contributed by atoms with Crippen LogP contribution in [0.25, 0.3) is 10.9 Å². The topological polar surface area (TPSA) is 73.4 Å². The van der Waals surface area contributed by atoms with Crippen LogP contribution in [-0.4, -0.2) is 39.5 Å². The lowest BCUT2D eigenvalue weighted by Crippen LogP contribution is -2.40. The summed E-state index contributed by atoms with van der Waals surface area (Å²) in [7, 11) is 0. The summed E-state index contributed by atoms with van der Waals surface area (Å²) in [4.78, 5) is 28.2. The second kappa shape index (κ2) is 4.42. The average molecular weight is 258 g/mol. The third kappa shape index (κ3) is 1.87. The molecule has 1 aliphatic heterocycles. The number of benzene rings is 1. The molecule has 1 unspecified atom stereocenters. The van der Waals surface area contributed by atoms with Crippen LogP contribution in [0.5, 0.6) is 0 Å². The highest BCUT2D eigenvalue weighted by molar-refractivity contribution is 6.06. The zero-order valence-electron chi connectivity index (χ0n) is 10.3. The van der Waals surface area contributed by atoms with Crippen molar-refractivity contribution in [3.05, 3.63) is 36.0 Å². The summed E-state index contributed by atoms with van der Waals surface area (Å²) in [6, 6.07) is 6.66. The van der Waals surface area contributed by atoms with E-state index in [4.69, 9.17) is 5.11 Å². The molecule has 98 valence electrons. The van der Waals surface area contributed by atoms with E-state index in [1.807, 2.05) is 18.2 Å². The number of fused-ring (bicyclic) bond motifs is 1. The average Bonchev–Trinajstić information content (AvgIpc) is 3.05. The highest BCUT2D eigenvalue weighted by Crippen LogP contribution is 2.24. The van der Waals surface area contributed by atoms with E-state index >= 15 is 0 Å². The van der Waals surface area contributed by atoms with E-state index in [0.29, 0.717) is 18.5 Å². The van der Waals surface area contributed by atoms with Crippen LogP contribution in [-0.2, 0) is 4.79 Å². The molecule has 3 rings (SSSR count).